The van der Waals surface area contributed by atoms with Gasteiger partial charge in [0.05, 0.1) is 0 Å². The molecule has 0 bridgehead atoms. The van der Waals surface area contributed by atoms with Crippen LogP contribution >= 0.6 is 11.6 Å². The normalized spacial score (nSPS) is 20.5. The summed E-state index contributed by atoms with van der Waals surface area (Å²) in [5, 5.41) is 3.96. The lowest BCUT2D eigenvalue weighted by Gasteiger charge is -2.39. The highest BCUT2D eigenvalue weighted by Gasteiger charge is 2.44. The summed E-state index contributed by atoms with van der Waals surface area (Å²) in [5.74, 6) is 0.783. The summed E-state index contributed by atoms with van der Waals surface area (Å²) >= 11 is 5.91. The summed E-state index contributed by atoms with van der Waals surface area (Å²) < 4.78 is 6.15. The monoisotopic (exact) mass is 306 g/mol. The van der Waals surface area contributed by atoms with Gasteiger partial charge in [-0.25, -0.2) is 0 Å². The summed E-state index contributed by atoms with van der Waals surface area (Å²) in [7, 11) is 0. The molecule has 1 fully saturated rings. The second-order valence-electron chi connectivity index (χ2n) is 5.48. The number of piperidine rings is 1. The molecule has 1 aromatic carbocycles. The zero-order valence-electron chi connectivity index (χ0n) is 11.8. The van der Waals surface area contributed by atoms with Gasteiger partial charge in [0.1, 0.15) is 5.75 Å². The Morgan fingerprint density at radius 3 is 2.38 bits per heavy atom. The molecule has 0 aromatic heterocycles. The third-order valence-corrected chi connectivity index (χ3v) is 4.29. The van der Waals surface area contributed by atoms with E-state index in [1.807, 2.05) is 29.2 Å². The van der Waals surface area contributed by atoms with Crippen molar-refractivity contribution in [3.8, 4) is 5.75 Å². The Morgan fingerprint density at radius 2 is 1.76 bits per heavy atom. The SMILES string of the molecule is O=C(N1CC=CC1)C1(Oc2ccc(Cl)cc2)CCNCC1. The van der Waals surface area contributed by atoms with Gasteiger partial charge in [0.2, 0.25) is 0 Å². The Hall–Kier alpha value is -1.52. The minimum absolute atomic E-state index is 0.0870. The predicted molar refractivity (Wildman–Crippen MR) is 82.6 cm³/mol. The predicted octanol–water partition coefficient (Wildman–Crippen LogP) is 2.24. The maximum atomic E-state index is 12.9. The Balaban J connectivity index is 1.82. The molecule has 1 aromatic rings. The molecule has 1 amide bonds. The minimum Gasteiger partial charge on any atom is -0.477 e. The van der Waals surface area contributed by atoms with E-state index >= 15 is 0 Å². The van der Waals surface area contributed by atoms with E-state index < -0.39 is 5.60 Å². The lowest BCUT2D eigenvalue weighted by molar-refractivity contribution is -0.149. The third-order valence-electron chi connectivity index (χ3n) is 4.03. The van der Waals surface area contributed by atoms with Crippen LogP contribution in [0.5, 0.6) is 5.75 Å². The molecule has 3 rings (SSSR count). The molecule has 0 unspecified atom stereocenters. The van der Waals surface area contributed by atoms with Crippen LogP contribution in [0.1, 0.15) is 12.8 Å². The number of carbonyl (C=O) groups is 1. The van der Waals surface area contributed by atoms with Crippen molar-refractivity contribution < 1.29 is 9.53 Å². The third kappa shape index (κ3) is 3.06. The fourth-order valence-electron chi connectivity index (χ4n) is 2.85. The Labute approximate surface area is 129 Å². The van der Waals surface area contributed by atoms with E-state index in [0.717, 1.165) is 13.1 Å². The smallest absolute Gasteiger partial charge is 0.267 e. The van der Waals surface area contributed by atoms with Gasteiger partial charge in [-0.05, 0) is 37.4 Å². The van der Waals surface area contributed by atoms with Gasteiger partial charge in [0.15, 0.2) is 5.60 Å². The van der Waals surface area contributed by atoms with E-state index in [0.29, 0.717) is 36.7 Å². The Morgan fingerprint density at radius 1 is 1.14 bits per heavy atom. The second-order valence-corrected chi connectivity index (χ2v) is 5.92. The van der Waals surface area contributed by atoms with E-state index in [1.54, 1.807) is 12.1 Å². The summed E-state index contributed by atoms with van der Waals surface area (Å²) in [6.07, 6.45) is 5.42. The van der Waals surface area contributed by atoms with Crippen molar-refractivity contribution in [2.45, 2.75) is 18.4 Å². The van der Waals surface area contributed by atoms with Crippen molar-refractivity contribution in [1.29, 1.82) is 0 Å². The average Bonchev–Trinajstić information content (AvgIpc) is 3.04. The van der Waals surface area contributed by atoms with Gasteiger partial charge in [-0.1, -0.05) is 23.8 Å². The number of ether oxygens (including phenoxy) is 1. The molecule has 0 spiro atoms. The van der Waals surface area contributed by atoms with Gasteiger partial charge >= 0.3 is 0 Å². The lowest BCUT2D eigenvalue weighted by Crippen LogP contribution is -2.57. The maximum Gasteiger partial charge on any atom is 0.267 e. The van der Waals surface area contributed by atoms with Crippen LogP contribution in [0.25, 0.3) is 0 Å². The first-order valence-electron chi connectivity index (χ1n) is 7.29. The number of nitrogens with zero attached hydrogens (tertiary/aromatic N) is 1. The summed E-state index contributed by atoms with van der Waals surface area (Å²) in [5.41, 5.74) is -0.759. The van der Waals surface area contributed by atoms with Gasteiger partial charge in [-0.15, -0.1) is 0 Å². The molecule has 0 radical (unpaired) electrons. The topological polar surface area (TPSA) is 41.6 Å². The molecule has 112 valence electrons. The van der Waals surface area contributed by atoms with Crippen LogP contribution in [0.15, 0.2) is 36.4 Å². The number of benzene rings is 1. The van der Waals surface area contributed by atoms with E-state index in [-0.39, 0.29) is 5.91 Å². The highest BCUT2D eigenvalue weighted by atomic mass is 35.5. The lowest BCUT2D eigenvalue weighted by atomic mass is 9.90. The summed E-state index contributed by atoms with van der Waals surface area (Å²) in [6.45, 7) is 2.94. The van der Waals surface area contributed by atoms with Crippen molar-refractivity contribution in [3.05, 3.63) is 41.4 Å². The molecule has 2 aliphatic rings. The van der Waals surface area contributed by atoms with Gasteiger partial charge < -0.3 is 15.0 Å². The van der Waals surface area contributed by atoms with Crippen LogP contribution < -0.4 is 10.1 Å². The number of halogens is 1. The largest absolute Gasteiger partial charge is 0.477 e. The van der Waals surface area contributed by atoms with Crippen LogP contribution in [0.4, 0.5) is 0 Å². The van der Waals surface area contributed by atoms with Crippen LogP contribution in [-0.2, 0) is 4.79 Å². The molecular weight excluding hydrogens is 288 g/mol. The molecule has 0 aliphatic carbocycles. The highest BCUT2D eigenvalue weighted by Crippen LogP contribution is 2.30. The molecule has 21 heavy (non-hydrogen) atoms. The van der Waals surface area contributed by atoms with E-state index in [2.05, 4.69) is 5.32 Å². The number of amides is 1. The van der Waals surface area contributed by atoms with Gasteiger partial charge in [0.25, 0.3) is 5.91 Å². The Bertz CT molecular complexity index is 528. The molecule has 4 nitrogen and oxygen atoms in total. The van der Waals surface area contributed by atoms with Crippen molar-refractivity contribution in [2.24, 2.45) is 0 Å². The van der Waals surface area contributed by atoms with Crippen LogP contribution in [-0.4, -0.2) is 42.6 Å². The first-order chi connectivity index (χ1) is 10.2. The first-order valence-corrected chi connectivity index (χ1v) is 7.67. The number of nitrogens with one attached hydrogen (secondary N) is 1. The number of hydrogen-bond donors (Lipinski definition) is 1. The molecule has 0 atom stereocenters. The maximum absolute atomic E-state index is 12.9. The number of hydrogen-bond acceptors (Lipinski definition) is 3. The van der Waals surface area contributed by atoms with Crippen LogP contribution in [0.3, 0.4) is 0 Å². The van der Waals surface area contributed by atoms with E-state index in [1.165, 1.54) is 0 Å². The van der Waals surface area contributed by atoms with Gasteiger partial charge in [-0.3, -0.25) is 4.79 Å². The van der Waals surface area contributed by atoms with E-state index in [4.69, 9.17) is 16.3 Å². The molecule has 5 heteroatoms. The van der Waals surface area contributed by atoms with Crippen molar-refractivity contribution >= 4 is 17.5 Å². The number of rotatable bonds is 3. The average molecular weight is 307 g/mol. The van der Waals surface area contributed by atoms with Crippen molar-refractivity contribution in [3.63, 3.8) is 0 Å². The van der Waals surface area contributed by atoms with Gasteiger partial charge in [0, 0.05) is 31.0 Å². The van der Waals surface area contributed by atoms with Crippen molar-refractivity contribution in [1.82, 2.24) is 10.2 Å². The summed E-state index contributed by atoms with van der Waals surface area (Å²) in [4.78, 5) is 14.7. The standard InChI is InChI=1S/C16H19ClN2O2/c17-13-3-5-14(6-4-13)21-16(7-9-18-10-8-16)15(20)19-11-1-2-12-19/h1-6,18H,7-12H2. The van der Waals surface area contributed by atoms with Gasteiger partial charge in [-0.2, -0.15) is 0 Å². The Kier molecular flexibility index (Phi) is 4.17. The van der Waals surface area contributed by atoms with Crippen molar-refractivity contribution in [2.75, 3.05) is 26.2 Å². The second kappa shape index (κ2) is 6.08. The molecular formula is C16H19ClN2O2. The van der Waals surface area contributed by atoms with E-state index in [9.17, 15) is 4.79 Å². The minimum atomic E-state index is -0.759. The fraction of sp³-hybridized carbons (Fsp3) is 0.438. The molecule has 0 saturated carbocycles. The summed E-state index contributed by atoms with van der Waals surface area (Å²) in [6, 6.07) is 7.21. The molecule has 2 aliphatic heterocycles. The zero-order chi connectivity index (χ0) is 14.7. The highest BCUT2D eigenvalue weighted by molar-refractivity contribution is 6.30. The van der Waals surface area contributed by atoms with Crippen LogP contribution in [0.2, 0.25) is 5.02 Å². The first kappa shape index (κ1) is 14.4. The molecule has 1 saturated heterocycles. The fourth-order valence-corrected chi connectivity index (χ4v) is 2.98. The quantitative estimate of drug-likeness (QED) is 0.871. The number of carbonyl (C=O) groups excluding carboxylic acids is 1. The molecule has 2 heterocycles. The zero-order valence-corrected chi connectivity index (χ0v) is 12.6. The van der Waals surface area contributed by atoms with Crippen LogP contribution in [0, 0.1) is 0 Å². The molecule has 1 N–H and O–H groups in total.